The normalized spacial score (nSPS) is 21.5. The number of hydrogen-bond donors (Lipinski definition) is 2. The number of nitrogens with one attached hydrogen (secondary N) is 2. The second-order valence-corrected chi connectivity index (χ2v) is 3.82. The summed E-state index contributed by atoms with van der Waals surface area (Å²) in [6, 6.07) is 0. The Morgan fingerprint density at radius 3 is 3.07 bits per heavy atom. The monoisotopic (exact) mass is 208 g/mol. The van der Waals surface area contributed by atoms with E-state index in [4.69, 9.17) is 0 Å². The molecule has 1 unspecified atom stereocenters. The topological polar surface area (TPSA) is 41.1 Å². The smallest absolute Gasteiger partial charge is 0.243 e. The maximum Gasteiger partial charge on any atom is 0.243 e. The molecule has 1 rings (SSSR count). The lowest BCUT2D eigenvalue weighted by molar-refractivity contribution is -0.116. The highest BCUT2D eigenvalue weighted by atomic mass is 16.1. The molecule has 0 aliphatic carbocycles. The molecule has 1 saturated heterocycles. The molecule has 2 N–H and O–H groups in total. The molecule has 1 aliphatic rings. The Balaban J connectivity index is 2.05. The van der Waals surface area contributed by atoms with Crippen molar-refractivity contribution in [3.8, 4) is 0 Å². The maximum atomic E-state index is 11.2. The van der Waals surface area contributed by atoms with Gasteiger partial charge >= 0.3 is 0 Å². The van der Waals surface area contributed by atoms with E-state index < -0.39 is 0 Å². The van der Waals surface area contributed by atoms with E-state index in [1.807, 2.05) is 19.1 Å². The molecule has 0 bridgehead atoms. The van der Waals surface area contributed by atoms with Crippen LogP contribution in [0.4, 0.5) is 0 Å². The van der Waals surface area contributed by atoms with E-state index in [-0.39, 0.29) is 5.91 Å². The first-order valence-electron chi connectivity index (χ1n) is 5.61. The molecule has 3 heteroatoms. The van der Waals surface area contributed by atoms with Crippen molar-refractivity contribution in [3.05, 3.63) is 24.3 Å². The number of hydrogen-bond acceptors (Lipinski definition) is 2. The van der Waals surface area contributed by atoms with E-state index in [9.17, 15) is 4.79 Å². The fraction of sp³-hybridized carbons (Fsp3) is 0.583. The minimum atomic E-state index is -0.000874. The van der Waals surface area contributed by atoms with Gasteiger partial charge in [-0.15, -0.1) is 0 Å². The van der Waals surface area contributed by atoms with E-state index in [2.05, 4.69) is 10.6 Å². The lowest BCUT2D eigenvalue weighted by atomic mass is 10.1. The second kappa shape index (κ2) is 7.23. The Kier molecular flexibility index (Phi) is 5.78. The molecule has 1 fully saturated rings. The lowest BCUT2D eigenvalue weighted by Gasteiger charge is -2.07. The summed E-state index contributed by atoms with van der Waals surface area (Å²) in [6.07, 6.45) is 9.38. The number of allylic oxidation sites excluding steroid dienone is 3. The van der Waals surface area contributed by atoms with E-state index in [0.717, 1.165) is 32.0 Å². The molecule has 1 aliphatic heterocycles. The van der Waals surface area contributed by atoms with Gasteiger partial charge in [-0.25, -0.2) is 0 Å². The minimum Gasteiger partial charge on any atom is -0.353 e. The van der Waals surface area contributed by atoms with Gasteiger partial charge in [0.15, 0.2) is 0 Å². The number of carbonyl (C=O) groups is 1. The third-order valence-electron chi connectivity index (χ3n) is 2.57. The molecule has 0 aromatic heterocycles. The molecular weight excluding hydrogens is 188 g/mol. The zero-order valence-electron chi connectivity index (χ0n) is 9.33. The van der Waals surface area contributed by atoms with Crippen LogP contribution in [0.5, 0.6) is 0 Å². The molecule has 0 radical (unpaired) electrons. The molecule has 1 amide bonds. The van der Waals surface area contributed by atoms with Crippen LogP contribution in [0.2, 0.25) is 0 Å². The predicted molar refractivity (Wildman–Crippen MR) is 62.6 cm³/mol. The summed E-state index contributed by atoms with van der Waals surface area (Å²) in [7, 11) is 0. The van der Waals surface area contributed by atoms with Crippen LogP contribution in [-0.2, 0) is 4.79 Å². The van der Waals surface area contributed by atoms with Crippen molar-refractivity contribution < 1.29 is 4.79 Å². The highest BCUT2D eigenvalue weighted by Crippen LogP contribution is 2.10. The quantitative estimate of drug-likeness (QED) is 0.527. The Hall–Kier alpha value is -1.09. The maximum absolute atomic E-state index is 11.2. The zero-order valence-corrected chi connectivity index (χ0v) is 9.33. The third-order valence-corrected chi connectivity index (χ3v) is 2.57. The van der Waals surface area contributed by atoms with Crippen molar-refractivity contribution in [2.75, 3.05) is 19.6 Å². The van der Waals surface area contributed by atoms with Crippen LogP contribution in [0, 0.1) is 5.92 Å². The molecule has 3 nitrogen and oxygen atoms in total. The summed E-state index contributed by atoms with van der Waals surface area (Å²) in [4.78, 5) is 11.2. The van der Waals surface area contributed by atoms with Crippen molar-refractivity contribution in [2.45, 2.75) is 19.8 Å². The van der Waals surface area contributed by atoms with E-state index in [1.165, 1.54) is 6.42 Å². The molecule has 15 heavy (non-hydrogen) atoms. The van der Waals surface area contributed by atoms with Gasteiger partial charge < -0.3 is 10.6 Å². The highest BCUT2D eigenvalue weighted by Gasteiger charge is 2.13. The Labute approximate surface area is 91.6 Å². The van der Waals surface area contributed by atoms with Crippen LogP contribution in [-0.4, -0.2) is 25.5 Å². The standard InChI is InChI=1S/C12H20N2O/c1-2-3-4-5-12(15)14-9-7-11-6-8-13-10-11/h2-5,11,13H,6-10H2,1H3,(H,14,15). The molecule has 0 spiro atoms. The van der Waals surface area contributed by atoms with E-state index in [1.54, 1.807) is 12.2 Å². The third kappa shape index (κ3) is 5.37. The van der Waals surface area contributed by atoms with Crippen molar-refractivity contribution >= 4 is 5.91 Å². The summed E-state index contributed by atoms with van der Waals surface area (Å²) >= 11 is 0. The summed E-state index contributed by atoms with van der Waals surface area (Å²) in [5.74, 6) is 0.740. The Morgan fingerprint density at radius 2 is 2.40 bits per heavy atom. The fourth-order valence-electron chi connectivity index (χ4n) is 1.67. The number of carbonyl (C=O) groups excluding carboxylic acids is 1. The summed E-state index contributed by atoms with van der Waals surface area (Å²) in [5.41, 5.74) is 0. The van der Waals surface area contributed by atoms with Crippen molar-refractivity contribution in [1.82, 2.24) is 10.6 Å². The van der Waals surface area contributed by atoms with Crippen LogP contribution in [0.25, 0.3) is 0 Å². The van der Waals surface area contributed by atoms with Crippen molar-refractivity contribution in [3.63, 3.8) is 0 Å². The van der Waals surface area contributed by atoms with Gasteiger partial charge in [0.05, 0.1) is 0 Å². The molecule has 0 aromatic carbocycles. The second-order valence-electron chi connectivity index (χ2n) is 3.82. The first kappa shape index (κ1) is 12.0. The molecular formula is C12H20N2O. The van der Waals surface area contributed by atoms with Crippen molar-refractivity contribution in [1.29, 1.82) is 0 Å². The van der Waals surface area contributed by atoms with Gasteiger partial charge in [0.25, 0.3) is 0 Å². The van der Waals surface area contributed by atoms with Gasteiger partial charge in [0, 0.05) is 12.6 Å². The van der Waals surface area contributed by atoms with Crippen LogP contribution >= 0.6 is 0 Å². The van der Waals surface area contributed by atoms with Crippen LogP contribution in [0.3, 0.4) is 0 Å². The number of amides is 1. The summed E-state index contributed by atoms with van der Waals surface area (Å²) in [6.45, 7) is 4.94. The van der Waals surface area contributed by atoms with Crippen LogP contribution < -0.4 is 10.6 Å². The average Bonchev–Trinajstić information content (AvgIpc) is 2.71. The van der Waals surface area contributed by atoms with Crippen LogP contribution in [0.15, 0.2) is 24.3 Å². The van der Waals surface area contributed by atoms with Gasteiger partial charge in [0.1, 0.15) is 0 Å². The predicted octanol–water partition coefficient (Wildman–Crippen LogP) is 1.23. The van der Waals surface area contributed by atoms with Crippen LogP contribution in [0.1, 0.15) is 19.8 Å². The van der Waals surface area contributed by atoms with E-state index >= 15 is 0 Å². The van der Waals surface area contributed by atoms with Gasteiger partial charge in [-0.3, -0.25) is 4.79 Å². The SMILES string of the molecule is CC=CC=CC(=O)NCCC1CCNC1. The zero-order chi connectivity index (χ0) is 10.9. The lowest BCUT2D eigenvalue weighted by Crippen LogP contribution is -2.24. The highest BCUT2D eigenvalue weighted by molar-refractivity contribution is 5.87. The average molecular weight is 208 g/mol. The fourth-order valence-corrected chi connectivity index (χ4v) is 1.67. The van der Waals surface area contributed by atoms with Gasteiger partial charge in [-0.1, -0.05) is 18.2 Å². The molecule has 0 saturated carbocycles. The van der Waals surface area contributed by atoms with Gasteiger partial charge in [-0.05, 0) is 38.8 Å². The molecule has 0 aromatic rings. The molecule has 84 valence electrons. The van der Waals surface area contributed by atoms with Crippen molar-refractivity contribution in [2.24, 2.45) is 5.92 Å². The Morgan fingerprint density at radius 1 is 1.53 bits per heavy atom. The van der Waals surface area contributed by atoms with Gasteiger partial charge in [0.2, 0.25) is 5.91 Å². The van der Waals surface area contributed by atoms with Gasteiger partial charge in [-0.2, -0.15) is 0 Å². The van der Waals surface area contributed by atoms with E-state index in [0.29, 0.717) is 0 Å². The first-order chi connectivity index (χ1) is 7.33. The summed E-state index contributed by atoms with van der Waals surface area (Å²) in [5, 5.41) is 6.20. The molecule has 1 heterocycles. The first-order valence-corrected chi connectivity index (χ1v) is 5.61. The summed E-state index contributed by atoms with van der Waals surface area (Å²) < 4.78 is 0. The number of rotatable bonds is 5. The Bertz CT molecular complexity index is 240. The minimum absolute atomic E-state index is 0.000874. The largest absolute Gasteiger partial charge is 0.353 e. The molecule has 1 atom stereocenters.